The zero-order valence-corrected chi connectivity index (χ0v) is 11.5. The standard InChI is InChI=1S/C13H17N3O2S/c17-9-10-3-1-5-16(7-10)8-12-14-13(15-18-12)11-4-2-6-19-11/h2,4,6,10,17H,1,3,5,7-9H2. The number of rotatable bonds is 4. The normalized spacial score (nSPS) is 20.8. The first-order valence-electron chi connectivity index (χ1n) is 6.55. The van der Waals surface area contributed by atoms with Gasteiger partial charge in [0.05, 0.1) is 11.4 Å². The van der Waals surface area contributed by atoms with Crippen molar-refractivity contribution in [1.29, 1.82) is 0 Å². The van der Waals surface area contributed by atoms with Gasteiger partial charge < -0.3 is 9.63 Å². The van der Waals surface area contributed by atoms with Crippen molar-refractivity contribution >= 4 is 11.3 Å². The molecule has 0 saturated carbocycles. The van der Waals surface area contributed by atoms with Gasteiger partial charge in [0, 0.05) is 13.2 Å². The minimum absolute atomic E-state index is 0.265. The highest BCUT2D eigenvalue weighted by atomic mass is 32.1. The molecular weight excluding hydrogens is 262 g/mol. The number of piperidine rings is 1. The number of aliphatic hydroxyl groups excluding tert-OH is 1. The molecule has 1 fully saturated rings. The van der Waals surface area contributed by atoms with Gasteiger partial charge in [0.2, 0.25) is 11.7 Å². The van der Waals surface area contributed by atoms with Crippen LogP contribution in [-0.2, 0) is 6.54 Å². The average Bonchev–Trinajstić information content (AvgIpc) is 3.09. The lowest BCUT2D eigenvalue weighted by molar-refractivity contribution is 0.107. The third kappa shape index (κ3) is 3.02. The van der Waals surface area contributed by atoms with Crippen LogP contribution in [0.2, 0.25) is 0 Å². The molecule has 3 heterocycles. The Bertz CT molecular complexity index is 512. The van der Waals surface area contributed by atoms with Crippen molar-refractivity contribution in [1.82, 2.24) is 15.0 Å². The second kappa shape index (κ2) is 5.81. The molecule has 0 bridgehead atoms. The van der Waals surface area contributed by atoms with Crippen molar-refractivity contribution in [3.8, 4) is 10.7 Å². The molecule has 19 heavy (non-hydrogen) atoms. The zero-order chi connectivity index (χ0) is 13.1. The summed E-state index contributed by atoms with van der Waals surface area (Å²) in [5, 5.41) is 15.2. The molecule has 6 heteroatoms. The smallest absolute Gasteiger partial charge is 0.241 e. The largest absolute Gasteiger partial charge is 0.396 e. The maximum atomic E-state index is 9.23. The SMILES string of the molecule is OCC1CCCN(Cc2nc(-c3cccs3)no2)C1. The van der Waals surface area contributed by atoms with E-state index in [1.165, 1.54) is 0 Å². The van der Waals surface area contributed by atoms with Crippen LogP contribution < -0.4 is 0 Å². The van der Waals surface area contributed by atoms with Gasteiger partial charge in [0.15, 0.2) is 0 Å². The quantitative estimate of drug-likeness (QED) is 0.927. The molecule has 3 rings (SSSR count). The summed E-state index contributed by atoms with van der Waals surface area (Å²) in [6, 6.07) is 3.97. The lowest BCUT2D eigenvalue weighted by atomic mass is 9.99. The van der Waals surface area contributed by atoms with E-state index in [1.807, 2.05) is 17.5 Å². The highest BCUT2D eigenvalue weighted by Gasteiger charge is 2.21. The molecule has 0 aliphatic carbocycles. The van der Waals surface area contributed by atoms with Crippen molar-refractivity contribution in [3.63, 3.8) is 0 Å². The Kier molecular flexibility index (Phi) is 3.91. The predicted octanol–water partition coefficient (Wildman–Crippen LogP) is 2.00. The highest BCUT2D eigenvalue weighted by Crippen LogP contribution is 2.22. The van der Waals surface area contributed by atoms with E-state index in [4.69, 9.17) is 4.52 Å². The highest BCUT2D eigenvalue weighted by molar-refractivity contribution is 7.13. The summed E-state index contributed by atoms with van der Waals surface area (Å²) in [6.45, 7) is 2.89. The van der Waals surface area contributed by atoms with Crippen molar-refractivity contribution in [2.75, 3.05) is 19.7 Å². The summed E-state index contributed by atoms with van der Waals surface area (Å²) in [4.78, 5) is 7.73. The molecule has 0 aromatic carbocycles. The van der Waals surface area contributed by atoms with Crippen molar-refractivity contribution < 1.29 is 9.63 Å². The second-order valence-corrected chi connectivity index (χ2v) is 5.86. The summed E-state index contributed by atoms with van der Waals surface area (Å²) >= 11 is 1.61. The third-order valence-corrected chi connectivity index (χ3v) is 4.30. The fourth-order valence-electron chi connectivity index (χ4n) is 2.46. The van der Waals surface area contributed by atoms with Gasteiger partial charge in [-0.05, 0) is 36.8 Å². The van der Waals surface area contributed by atoms with Crippen molar-refractivity contribution in [2.45, 2.75) is 19.4 Å². The Balaban J connectivity index is 1.64. The van der Waals surface area contributed by atoms with Crippen LogP contribution in [0.4, 0.5) is 0 Å². The predicted molar refractivity (Wildman–Crippen MR) is 72.7 cm³/mol. The summed E-state index contributed by atoms with van der Waals surface area (Å²) in [5.41, 5.74) is 0. The number of likely N-dealkylation sites (tertiary alicyclic amines) is 1. The molecule has 1 N–H and O–H groups in total. The number of thiophene rings is 1. The van der Waals surface area contributed by atoms with Gasteiger partial charge in [-0.15, -0.1) is 11.3 Å². The van der Waals surface area contributed by atoms with Crippen LogP contribution in [0.15, 0.2) is 22.0 Å². The molecule has 5 nitrogen and oxygen atoms in total. The summed E-state index contributed by atoms with van der Waals surface area (Å²) < 4.78 is 5.30. The molecule has 2 aromatic rings. The monoisotopic (exact) mass is 279 g/mol. The molecule has 1 atom stereocenters. The maximum Gasteiger partial charge on any atom is 0.241 e. The Morgan fingerprint density at radius 1 is 1.53 bits per heavy atom. The molecule has 1 saturated heterocycles. The summed E-state index contributed by atoms with van der Waals surface area (Å²) in [5.74, 6) is 1.70. The second-order valence-electron chi connectivity index (χ2n) is 4.91. The van der Waals surface area contributed by atoms with Crippen LogP contribution in [0, 0.1) is 5.92 Å². The first-order chi connectivity index (χ1) is 9.35. The fraction of sp³-hybridized carbons (Fsp3) is 0.538. The molecule has 102 valence electrons. The molecule has 1 aliphatic rings. The van der Waals surface area contributed by atoms with Crippen molar-refractivity contribution in [3.05, 3.63) is 23.4 Å². The Labute approximate surface area is 115 Å². The van der Waals surface area contributed by atoms with E-state index < -0.39 is 0 Å². The van der Waals surface area contributed by atoms with E-state index in [9.17, 15) is 5.11 Å². The zero-order valence-electron chi connectivity index (χ0n) is 10.7. The maximum absolute atomic E-state index is 9.23. The molecule has 0 spiro atoms. The van der Waals surface area contributed by atoms with Crippen LogP contribution >= 0.6 is 11.3 Å². The van der Waals surface area contributed by atoms with Crippen LogP contribution in [0.1, 0.15) is 18.7 Å². The van der Waals surface area contributed by atoms with Gasteiger partial charge in [-0.25, -0.2) is 0 Å². The first kappa shape index (κ1) is 12.8. The van der Waals surface area contributed by atoms with Crippen LogP contribution in [0.25, 0.3) is 10.7 Å². The van der Waals surface area contributed by atoms with Gasteiger partial charge in [0.25, 0.3) is 0 Å². The number of aromatic nitrogens is 2. The van der Waals surface area contributed by atoms with E-state index in [0.717, 1.165) is 30.8 Å². The molecule has 0 radical (unpaired) electrons. The van der Waals surface area contributed by atoms with Gasteiger partial charge >= 0.3 is 0 Å². The van der Waals surface area contributed by atoms with E-state index in [1.54, 1.807) is 11.3 Å². The van der Waals surface area contributed by atoms with Crippen LogP contribution in [0.3, 0.4) is 0 Å². The molecule has 1 aliphatic heterocycles. The van der Waals surface area contributed by atoms with Crippen LogP contribution in [-0.4, -0.2) is 39.8 Å². The number of nitrogens with zero attached hydrogens (tertiary/aromatic N) is 3. The summed E-state index contributed by atoms with van der Waals surface area (Å²) in [7, 11) is 0. The minimum atomic E-state index is 0.265. The van der Waals surface area contributed by atoms with Crippen molar-refractivity contribution in [2.24, 2.45) is 5.92 Å². The minimum Gasteiger partial charge on any atom is -0.396 e. The Morgan fingerprint density at radius 2 is 2.47 bits per heavy atom. The first-order valence-corrected chi connectivity index (χ1v) is 7.43. The number of aliphatic hydroxyl groups is 1. The van der Waals surface area contributed by atoms with E-state index in [0.29, 0.717) is 24.2 Å². The average molecular weight is 279 g/mol. The number of hydrogen-bond acceptors (Lipinski definition) is 6. The van der Waals surface area contributed by atoms with Gasteiger partial charge in [-0.3, -0.25) is 4.90 Å². The van der Waals surface area contributed by atoms with Gasteiger partial charge in [-0.1, -0.05) is 11.2 Å². The van der Waals surface area contributed by atoms with Crippen LogP contribution in [0.5, 0.6) is 0 Å². The summed E-state index contributed by atoms with van der Waals surface area (Å²) in [6.07, 6.45) is 2.23. The van der Waals surface area contributed by atoms with Gasteiger partial charge in [-0.2, -0.15) is 4.98 Å². The lowest BCUT2D eigenvalue weighted by Gasteiger charge is -2.30. The van der Waals surface area contributed by atoms with E-state index >= 15 is 0 Å². The molecule has 0 amide bonds. The molecular formula is C13H17N3O2S. The topological polar surface area (TPSA) is 62.4 Å². The van der Waals surface area contributed by atoms with Gasteiger partial charge in [0.1, 0.15) is 0 Å². The third-order valence-electron chi connectivity index (χ3n) is 3.43. The lowest BCUT2D eigenvalue weighted by Crippen LogP contribution is -2.36. The molecule has 2 aromatic heterocycles. The van der Waals surface area contributed by atoms with E-state index in [2.05, 4.69) is 15.0 Å². The fourth-order valence-corrected chi connectivity index (χ4v) is 3.11. The molecule has 1 unspecified atom stereocenters. The van der Waals surface area contributed by atoms with E-state index in [-0.39, 0.29) is 6.61 Å². The Hall–Kier alpha value is -1.24. The Morgan fingerprint density at radius 3 is 3.26 bits per heavy atom. The number of hydrogen-bond donors (Lipinski definition) is 1.